The van der Waals surface area contributed by atoms with Gasteiger partial charge in [-0.25, -0.2) is 18.9 Å². The monoisotopic (exact) mass is 342 g/mol. The highest BCUT2D eigenvalue weighted by Gasteiger charge is 2.17. The Balaban J connectivity index is 1.99. The molecule has 0 radical (unpaired) electrons. The van der Waals surface area contributed by atoms with Crippen molar-refractivity contribution in [2.75, 3.05) is 7.11 Å². The Morgan fingerprint density at radius 2 is 1.96 bits per heavy atom. The fraction of sp³-hybridized carbons (Fsp3) is 0.176. The number of hydrogen-bond donors (Lipinski definition) is 0. The van der Waals surface area contributed by atoms with E-state index in [9.17, 15) is 9.18 Å². The Morgan fingerprint density at radius 1 is 1.20 bits per heavy atom. The standard InChI is InChI=1S/C17H15FN4O3/c1-10-12(17(23)24-3)9-19-22(10)15-8-16(21-11(2)20-15)25-14-7-5-4-6-13(14)18/h4-9H,1-3H3. The molecule has 7 nitrogen and oxygen atoms in total. The number of benzene rings is 1. The largest absolute Gasteiger partial charge is 0.465 e. The van der Waals surface area contributed by atoms with Crippen LogP contribution in [0.4, 0.5) is 4.39 Å². The molecule has 0 bridgehead atoms. The van der Waals surface area contributed by atoms with Crippen molar-refractivity contribution in [3.05, 3.63) is 59.4 Å². The van der Waals surface area contributed by atoms with Gasteiger partial charge in [-0.2, -0.15) is 10.1 Å². The van der Waals surface area contributed by atoms with Gasteiger partial charge in [-0.05, 0) is 26.0 Å². The number of carbonyl (C=O) groups excluding carboxylic acids is 1. The number of nitrogens with zero attached hydrogens (tertiary/aromatic N) is 4. The van der Waals surface area contributed by atoms with Gasteiger partial charge in [0.25, 0.3) is 0 Å². The van der Waals surface area contributed by atoms with Crippen LogP contribution in [0.25, 0.3) is 5.82 Å². The van der Waals surface area contributed by atoms with E-state index < -0.39 is 11.8 Å². The molecule has 0 spiro atoms. The van der Waals surface area contributed by atoms with Crippen molar-refractivity contribution in [1.82, 2.24) is 19.7 Å². The van der Waals surface area contributed by atoms with Crippen LogP contribution in [0.5, 0.6) is 11.6 Å². The molecule has 25 heavy (non-hydrogen) atoms. The first-order chi connectivity index (χ1) is 12.0. The molecule has 0 aliphatic heterocycles. The first-order valence-corrected chi connectivity index (χ1v) is 7.41. The van der Waals surface area contributed by atoms with E-state index in [1.165, 1.54) is 36.2 Å². The Kier molecular flexibility index (Phi) is 4.42. The van der Waals surface area contributed by atoms with Crippen LogP contribution in [-0.4, -0.2) is 32.8 Å². The second-order valence-corrected chi connectivity index (χ2v) is 5.19. The Hall–Kier alpha value is -3.29. The number of ether oxygens (including phenoxy) is 2. The summed E-state index contributed by atoms with van der Waals surface area (Å²) in [5.74, 6) is 0.0480. The third-order valence-corrected chi connectivity index (χ3v) is 3.48. The molecule has 0 unspecified atom stereocenters. The van der Waals surface area contributed by atoms with Crippen molar-refractivity contribution in [3.8, 4) is 17.4 Å². The Labute approximate surface area is 143 Å². The van der Waals surface area contributed by atoms with Crippen LogP contribution in [0.15, 0.2) is 36.5 Å². The fourth-order valence-corrected chi connectivity index (χ4v) is 2.28. The highest BCUT2D eigenvalue weighted by molar-refractivity contribution is 5.90. The van der Waals surface area contributed by atoms with E-state index >= 15 is 0 Å². The molecule has 3 rings (SSSR count). The molecular formula is C17H15FN4O3. The number of para-hydroxylation sites is 1. The lowest BCUT2D eigenvalue weighted by atomic mass is 10.2. The molecule has 128 valence electrons. The molecule has 1 aromatic carbocycles. The normalized spacial score (nSPS) is 10.6. The highest BCUT2D eigenvalue weighted by atomic mass is 19.1. The predicted octanol–water partition coefficient (Wildman–Crippen LogP) is 3.00. The molecule has 0 atom stereocenters. The number of aryl methyl sites for hydroxylation is 1. The van der Waals surface area contributed by atoms with Crippen LogP contribution in [0.1, 0.15) is 21.9 Å². The summed E-state index contributed by atoms with van der Waals surface area (Å²) >= 11 is 0. The Morgan fingerprint density at radius 3 is 2.68 bits per heavy atom. The molecule has 2 heterocycles. The highest BCUT2D eigenvalue weighted by Crippen LogP contribution is 2.24. The molecule has 0 N–H and O–H groups in total. The first-order valence-electron chi connectivity index (χ1n) is 7.41. The summed E-state index contributed by atoms with van der Waals surface area (Å²) in [4.78, 5) is 20.2. The van der Waals surface area contributed by atoms with Crippen LogP contribution in [0.3, 0.4) is 0 Å². The molecule has 0 aliphatic rings. The number of rotatable bonds is 4. The third-order valence-electron chi connectivity index (χ3n) is 3.48. The van der Waals surface area contributed by atoms with Crippen LogP contribution in [0, 0.1) is 19.7 Å². The van der Waals surface area contributed by atoms with Crippen LogP contribution in [0.2, 0.25) is 0 Å². The van der Waals surface area contributed by atoms with E-state index in [1.807, 2.05) is 0 Å². The summed E-state index contributed by atoms with van der Waals surface area (Å²) in [6.07, 6.45) is 1.40. The number of halogens is 1. The van der Waals surface area contributed by atoms with Gasteiger partial charge in [0, 0.05) is 6.07 Å². The summed E-state index contributed by atoms with van der Waals surface area (Å²) in [5.41, 5.74) is 0.886. The summed E-state index contributed by atoms with van der Waals surface area (Å²) in [6, 6.07) is 7.54. The van der Waals surface area contributed by atoms with Crippen molar-refractivity contribution in [2.45, 2.75) is 13.8 Å². The van der Waals surface area contributed by atoms with E-state index in [0.29, 0.717) is 22.9 Å². The molecule has 2 aromatic heterocycles. The zero-order valence-corrected chi connectivity index (χ0v) is 13.9. The number of hydrogen-bond acceptors (Lipinski definition) is 6. The minimum atomic E-state index is -0.497. The van der Waals surface area contributed by atoms with Crippen molar-refractivity contribution in [2.24, 2.45) is 0 Å². The van der Waals surface area contributed by atoms with E-state index in [4.69, 9.17) is 9.47 Å². The number of esters is 1. The van der Waals surface area contributed by atoms with Gasteiger partial charge in [-0.1, -0.05) is 12.1 Å². The van der Waals surface area contributed by atoms with Gasteiger partial charge < -0.3 is 9.47 Å². The summed E-state index contributed by atoms with van der Waals surface area (Å²) in [7, 11) is 1.30. The van der Waals surface area contributed by atoms with Crippen LogP contribution >= 0.6 is 0 Å². The first kappa shape index (κ1) is 16.6. The van der Waals surface area contributed by atoms with Gasteiger partial charge >= 0.3 is 5.97 Å². The third kappa shape index (κ3) is 3.32. The number of carbonyl (C=O) groups is 1. The van der Waals surface area contributed by atoms with Crippen molar-refractivity contribution in [1.29, 1.82) is 0 Å². The van der Waals surface area contributed by atoms with Gasteiger partial charge in [0.05, 0.1) is 19.0 Å². The zero-order chi connectivity index (χ0) is 18.0. The molecule has 0 fully saturated rings. The molecule has 0 amide bonds. The van der Waals surface area contributed by atoms with Gasteiger partial charge in [-0.15, -0.1) is 0 Å². The Bertz CT molecular complexity index is 939. The SMILES string of the molecule is COC(=O)c1cnn(-c2cc(Oc3ccccc3F)nc(C)n2)c1C. The number of methoxy groups -OCH3 is 1. The maximum absolute atomic E-state index is 13.8. The summed E-state index contributed by atoms with van der Waals surface area (Å²) in [5, 5.41) is 4.16. The lowest BCUT2D eigenvalue weighted by Gasteiger charge is -2.09. The number of aromatic nitrogens is 4. The average Bonchev–Trinajstić information content (AvgIpc) is 2.97. The summed E-state index contributed by atoms with van der Waals surface area (Å²) in [6.45, 7) is 3.39. The lowest BCUT2D eigenvalue weighted by Crippen LogP contribution is -2.07. The van der Waals surface area contributed by atoms with Gasteiger partial charge in [0.1, 0.15) is 11.4 Å². The molecule has 8 heteroatoms. The average molecular weight is 342 g/mol. The minimum Gasteiger partial charge on any atom is -0.465 e. The van der Waals surface area contributed by atoms with Gasteiger partial charge in [0.2, 0.25) is 5.88 Å². The molecule has 3 aromatic rings. The van der Waals surface area contributed by atoms with Gasteiger partial charge in [-0.3, -0.25) is 0 Å². The van der Waals surface area contributed by atoms with Gasteiger partial charge in [0.15, 0.2) is 17.4 Å². The molecule has 0 aliphatic carbocycles. The lowest BCUT2D eigenvalue weighted by molar-refractivity contribution is 0.0600. The quantitative estimate of drug-likeness (QED) is 0.678. The van der Waals surface area contributed by atoms with Crippen molar-refractivity contribution < 1.29 is 18.7 Å². The predicted molar refractivity (Wildman–Crippen MR) is 86.4 cm³/mol. The second-order valence-electron chi connectivity index (χ2n) is 5.19. The molecule has 0 saturated heterocycles. The molecular weight excluding hydrogens is 327 g/mol. The van der Waals surface area contributed by atoms with Crippen LogP contribution in [-0.2, 0) is 4.74 Å². The van der Waals surface area contributed by atoms with Crippen molar-refractivity contribution >= 4 is 5.97 Å². The minimum absolute atomic E-state index is 0.0546. The fourth-order valence-electron chi connectivity index (χ4n) is 2.28. The van der Waals surface area contributed by atoms with Crippen LogP contribution < -0.4 is 4.74 Å². The smallest absolute Gasteiger partial charge is 0.341 e. The molecule has 0 saturated carbocycles. The summed E-state index contributed by atoms with van der Waals surface area (Å²) < 4.78 is 25.4. The van der Waals surface area contributed by atoms with E-state index in [-0.39, 0.29) is 11.6 Å². The van der Waals surface area contributed by atoms with Crippen molar-refractivity contribution in [3.63, 3.8) is 0 Å². The maximum Gasteiger partial charge on any atom is 0.341 e. The van der Waals surface area contributed by atoms with E-state index in [2.05, 4.69) is 15.1 Å². The van der Waals surface area contributed by atoms with E-state index in [1.54, 1.807) is 26.0 Å². The topological polar surface area (TPSA) is 79.1 Å². The second kappa shape index (κ2) is 6.68. The zero-order valence-electron chi connectivity index (χ0n) is 13.9. The van der Waals surface area contributed by atoms with E-state index in [0.717, 1.165) is 0 Å². The maximum atomic E-state index is 13.8.